The molecule has 0 aliphatic heterocycles. The molecule has 0 spiro atoms. The number of pyridine rings is 1. The molecule has 7 heteroatoms. The Balaban J connectivity index is 2.11. The number of carbonyl (C=O) groups excluding carboxylic acids is 1. The molecule has 1 aliphatic rings. The lowest BCUT2D eigenvalue weighted by Crippen LogP contribution is -2.34. The molecule has 2 rings (SSSR count). The Labute approximate surface area is 111 Å². The number of halogens is 1. The largest absolute Gasteiger partial charge is 0.274 e. The molecule has 1 heterocycles. The first-order valence-corrected chi connectivity index (χ1v) is 7.53. The van der Waals surface area contributed by atoms with E-state index in [-0.39, 0.29) is 16.0 Å². The van der Waals surface area contributed by atoms with Crippen molar-refractivity contribution in [3.8, 4) is 0 Å². The number of sulfonamides is 1. The summed E-state index contributed by atoms with van der Waals surface area (Å²) in [5.41, 5.74) is 0. The third-order valence-corrected chi connectivity index (χ3v) is 4.53. The maximum atomic E-state index is 11.9. The van der Waals surface area contributed by atoms with Crippen LogP contribution in [0.2, 0.25) is 5.15 Å². The van der Waals surface area contributed by atoms with E-state index in [1.807, 2.05) is 0 Å². The zero-order valence-electron chi connectivity index (χ0n) is 9.60. The molecule has 0 aromatic carbocycles. The van der Waals surface area contributed by atoms with Gasteiger partial charge in [-0.15, -0.1) is 0 Å². The molecule has 1 aliphatic carbocycles. The van der Waals surface area contributed by atoms with Crippen LogP contribution in [0, 0.1) is 5.92 Å². The second-order valence-electron chi connectivity index (χ2n) is 4.27. The van der Waals surface area contributed by atoms with E-state index in [9.17, 15) is 13.2 Å². The summed E-state index contributed by atoms with van der Waals surface area (Å²) >= 11 is 5.58. The van der Waals surface area contributed by atoms with Gasteiger partial charge in [0, 0.05) is 12.1 Å². The Kier molecular flexibility index (Phi) is 3.87. The van der Waals surface area contributed by atoms with E-state index >= 15 is 0 Å². The standard InChI is InChI=1S/C11H13ClN2O3S/c12-10-6-5-9(7-13-10)18(16,17)14-11(15)8-3-1-2-4-8/h5-8H,1-4H2,(H,14,15). The van der Waals surface area contributed by atoms with Crippen molar-refractivity contribution in [2.45, 2.75) is 30.6 Å². The molecule has 0 atom stereocenters. The maximum Gasteiger partial charge on any atom is 0.265 e. The molecular formula is C11H13ClN2O3S. The van der Waals surface area contributed by atoms with Crippen molar-refractivity contribution >= 4 is 27.5 Å². The van der Waals surface area contributed by atoms with Crippen LogP contribution in [0.15, 0.2) is 23.2 Å². The molecule has 0 saturated heterocycles. The zero-order chi connectivity index (χ0) is 13.2. The fraction of sp³-hybridized carbons (Fsp3) is 0.455. The van der Waals surface area contributed by atoms with Gasteiger partial charge in [0.25, 0.3) is 10.0 Å². The van der Waals surface area contributed by atoms with E-state index in [1.165, 1.54) is 12.1 Å². The number of nitrogens with zero attached hydrogens (tertiary/aromatic N) is 1. The molecule has 1 N–H and O–H groups in total. The Hall–Kier alpha value is -1.14. The van der Waals surface area contributed by atoms with Crippen LogP contribution in [0.4, 0.5) is 0 Å². The number of aromatic nitrogens is 1. The Morgan fingerprint density at radius 1 is 1.33 bits per heavy atom. The van der Waals surface area contributed by atoms with Crippen molar-refractivity contribution in [1.82, 2.24) is 9.71 Å². The third kappa shape index (κ3) is 3.00. The van der Waals surface area contributed by atoms with Gasteiger partial charge in [0.1, 0.15) is 10.0 Å². The molecule has 1 aromatic heterocycles. The maximum absolute atomic E-state index is 11.9. The van der Waals surface area contributed by atoms with Crippen LogP contribution in [-0.2, 0) is 14.8 Å². The lowest BCUT2D eigenvalue weighted by molar-refractivity contribution is -0.122. The average Bonchev–Trinajstić information content (AvgIpc) is 2.82. The van der Waals surface area contributed by atoms with Gasteiger partial charge in [0.15, 0.2) is 0 Å². The molecule has 1 saturated carbocycles. The van der Waals surface area contributed by atoms with Crippen LogP contribution in [0.3, 0.4) is 0 Å². The predicted molar refractivity (Wildman–Crippen MR) is 66.5 cm³/mol. The first-order chi connectivity index (χ1) is 8.49. The summed E-state index contributed by atoms with van der Waals surface area (Å²) < 4.78 is 25.9. The van der Waals surface area contributed by atoms with E-state index in [2.05, 4.69) is 9.71 Å². The van der Waals surface area contributed by atoms with Crippen LogP contribution >= 0.6 is 11.6 Å². The molecule has 1 aromatic rings. The molecule has 0 radical (unpaired) electrons. The summed E-state index contributed by atoms with van der Waals surface area (Å²) in [4.78, 5) is 15.4. The van der Waals surface area contributed by atoms with Gasteiger partial charge in [-0.25, -0.2) is 18.1 Å². The highest BCUT2D eigenvalue weighted by atomic mass is 35.5. The van der Waals surface area contributed by atoms with E-state index in [0.717, 1.165) is 31.9 Å². The number of hydrogen-bond donors (Lipinski definition) is 1. The Bertz CT molecular complexity index is 536. The van der Waals surface area contributed by atoms with E-state index in [0.29, 0.717) is 0 Å². The molecule has 0 unspecified atom stereocenters. The minimum Gasteiger partial charge on any atom is -0.274 e. The lowest BCUT2D eigenvalue weighted by Gasteiger charge is -2.10. The van der Waals surface area contributed by atoms with Crippen molar-refractivity contribution in [2.75, 3.05) is 0 Å². The summed E-state index contributed by atoms with van der Waals surface area (Å²) in [6.45, 7) is 0. The smallest absolute Gasteiger partial charge is 0.265 e. The summed E-state index contributed by atoms with van der Waals surface area (Å²) in [6, 6.07) is 2.69. The van der Waals surface area contributed by atoms with Gasteiger partial charge in [-0.3, -0.25) is 4.79 Å². The first-order valence-electron chi connectivity index (χ1n) is 5.67. The summed E-state index contributed by atoms with van der Waals surface area (Å²) in [5.74, 6) is -0.623. The second-order valence-corrected chi connectivity index (χ2v) is 6.34. The number of hydrogen-bond acceptors (Lipinski definition) is 4. The minimum absolute atomic E-state index is 0.0572. The molecule has 98 valence electrons. The Morgan fingerprint density at radius 2 is 2.00 bits per heavy atom. The zero-order valence-corrected chi connectivity index (χ0v) is 11.2. The summed E-state index contributed by atoms with van der Waals surface area (Å²) in [6.07, 6.45) is 4.58. The number of nitrogens with one attached hydrogen (secondary N) is 1. The van der Waals surface area contributed by atoms with Gasteiger partial charge in [0.2, 0.25) is 5.91 Å². The topological polar surface area (TPSA) is 76.1 Å². The normalized spacial score (nSPS) is 16.7. The number of carbonyl (C=O) groups is 1. The van der Waals surface area contributed by atoms with Crippen molar-refractivity contribution in [1.29, 1.82) is 0 Å². The minimum atomic E-state index is -3.83. The third-order valence-electron chi connectivity index (χ3n) is 2.97. The lowest BCUT2D eigenvalue weighted by atomic mass is 10.1. The van der Waals surface area contributed by atoms with Crippen LogP contribution in [0.1, 0.15) is 25.7 Å². The van der Waals surface area contributed by atoms with Crippen molar-refractivity contribution in [2.24, 2.45) is 5.92 Å². The number of amides is 1. The second kappa shape index (κ2) is 5.24. The molecule has 0 bridgehead atoms. The summed E-state index contributed by atoms with van der Waals surface area (Å²) in [5, 5.41) is 0.205. The fourth-order valence-electron chi connectivity index (χ4n) is 1.98. The average molecular weight is 289 g/mol. The fourth-order valence-corrected chi connectivity index (χ4v) is 3.08. The number of rotatable bonds is 3. The SMILES string of the molecule is O=C(NS(=O)(=O)c1ccc(Cl)nc1)C1CCCC1. The van der Waals surface area contributed by atoms with Crippen molar-refractivity contribution in [3.05, 3.63) is 23.5 Å². The predicted octanol–water partition coefficient (Wildman–Crippen LogP) is 1.73. The van der Waals surface area contributed by atoms with Gasteiger partial charge < -0.3 is 0 Å². The molecule has 18 heavy (non-hydrogen) atoms. The van der Waals surface area contributed by atoms with E-state index in [1.54, 1.807) is 0 Å². The van der Waals surface area contributed by atoms with Gasteiger partial charge in [-0.2, -0.15) is 0 Å². The van der Waals surface area contributed by atoms with Gasteiger partial charge in [-0.05, 0) is 25.0 Å². The van der Waals surface area contributed by atoms with E-state index < -0.39 is 15.9 Å². The van der Waals surface area contributed by atoms with Crippen LogP contribution < -0.4 is 4.72 Å². The van der Waals surface area contributed by atoms with E-state index in [4.69, 9.17) is 11.6 Å². The summed E-state index contributed by atoms with van der Waals surface area (Å²) in [7, 11) is -3.83. The van der Waals surface area contributed by atoms with Crippen LogP contribution in [-0.4, -0.2) is 19.3 Å². The molecular weight excluding hydrogens is 276 g/mol. The van der Waals surface area contributed by atoms with Crippen LogP contribution in [0.5, 0.6) is 0 Å². The highest BCUT2D eigenvalue weighted by molar-refractivity contribution is 7.90. The van der Waals surface area contributed by atoms with Gasteiger partial charge in [0.05, 0.1) is 0 Å². The van der Waals surface area contributed by atoms with Gasteiger partial charge in [-0.1, -0.05) is 24.4 Å². The van der Waals surface area contributed by atoms with Crippen molar-refractivity contribution in [3.63, 3.8) is 0 Å². The quantitative estimate of drug-likeness (QED) is 0.860. The highest BCUT2D eigenvalue weighted by Gasteiger charge is 2.27. The van der Waals surface area contributed by atoms with Crippen LogP contribution in [0.25, 0.3) is 0 Å². The van der Waals surface area contributed by atoms with Crippen molar-refractivity contribution < 1.29 is 13.2 Å². The Morgan fingerprint density at radius 3 is 2.56 bits per heavy atom. The van der Waals surface area contributed by atoms with Gasteiger partial charge >= 0.3 is 0 Å². The molecule has 5 nitrogen and oxygen atoms in total. The molecule has 1 fully saturated rings. The monoisotopic (exact) mass is 288 g/mol. The first kappa shape index (κ1) is 13.3. The molecule has 1 amide bonds. The highest BCUT2D eigenvalue weighted by Crippen LogP contribution is 2.25.